The highest BCUT2D eigenvalue weighted by Gasteiger charge is 2.27. The maximum atomic E-state index is 14.1. The van der Waals surface area contributed by atoms with Gasteiger partial charge in [-0.1, -0.05) is 30.3 Å². The molecule has 0 aliphatic carbocycles. The van der Waals surface area contributed by atoms with Crippen LogP contribution in [-0.4, -0.2) is 32.4 Å². The predicted molar refractivity (Wildman–Crippen MR) is 97.8 cm³/mol. The number of rotatable bonds is 1. The van der Waals surface area contributed by atoms with Crippen LogP contribution in [0, 0.1) is 5.82 Å². The van der Waals surface area contributed by atoms with E-state index in [0.717, 1.165) is 28.8 Å². The first-order chi connectivity index (χ1) is 12.6. The number of benzene rings is 2. The van der Waals surface area contributed by atoms with Crippen LogP contribution < -0.4 is 15.9 Å². The smallest absolute Gasteiger partial charge is 0.292 e. The summed E-state index contributed by atoms with van der Waals surface area (Å²) in [4.78, 5) is 27.0. The molecule has 132 valence electrons. The molecule has 1 aliphatic rings. The van der Waals surface area contributed by atoms with Crippen LogP contribution in [0.5, 0.6) is 0 Å². The van der Waals surface area contributed by atoms with Gasteiger partial charge in [0, 0.05) is 12.2 Å². The Hall–Kier alpha value is -2.86. The molecule has 7 nitrogen and oxygen atoms in total. The van der Waals surface area contributed by atoms with Gasteiger partial charge in [-0.2, -0.15) is 4.68 Å². The second-order valence-corrected chi connectivity index (χ2v) is 6.55. The van der Waals surface area contributed by atoms with Gasteiger partial charge in [0.15, 0.2) is 0 Å². The first-order valence-corrected chi connectivity index (χ1v) is 8.65. The van der Waals surface area contributed by atoms with Crippen molar-refractivity contribution in [2.45, 2.75) is 12.8 Å². The minimum atomic E-state index is -0.813. The van der Waals surface area contributed by atoms with E-state index in [0.29, 0.717) is 16.5 Å². The van der Waals surface area contributed by atoms with Gasteiger partial charge in [-0.25, -0.2) is 14.0 Å². The van der Waals surface area contributed by atoms with Crippen LogP contribution in [0.2, 0.25) is 0 Å². The highest BCUT2D eigenvalue weighted by Crippen LogP contribution is 2.26. The molecule has 0 saturated heterocycles. The van der Waals surface area contributed by atoms with Gasteiger partial charge in [-0.15, -0.1) is 13.9 Å². The average Bonchev–Trinajstić information content (AvgIpc) is 3.02. The van der Waals surface area contributed by atoms with E-state index in [1.54, 1.807) is 6.07 Å². The summed E-state index contributed by atoms with van der Waals surface area (Å²) >= 11 is 0. The molecule has 1 aromatic heterocycles. The fourth-order valence-electron chi connectivity index (χ4n) is 3.11. The van der Waals surface area contributed by atoms with Crippen LogP contribution in [0.15, 0.2) is 47.3 Å². The van der Waals surface area contributed by atoms with Gasteiger partial charge in [-0.05, 0) is 46.3 Å². The number of hydrogen-bond acceptors (Lipinski definition) is 4. The zero-order valence-corrected chi connectivity index (χ0v) is 14.8. The number of hydrogen-bond donors (Lipinski definition) is 0. The number of aromatic nitrogens is 4. The van der Waals surface area contributed by atoms with E-state index < -0.39 is 17.5 Å². The molecule has 0 bridgehead atoms. The van der Waals surface area contributed by atoms with Gasteiger partial charge in [0.05, 0.1) is 0 Å². The van der Waals surface area contributed by atoms with Crippen molar-refractivity contribution in [3.05, 3.63) is 64.3 Å². The monoisotopic (exact) mass is 371 g/mol. The first-order valence-electron chi connectivity index (χ1n) is 8.07. The summed E-state index contributed by atoms with van der Waals surface area (Å²) < 4.78 is 15.6. The largest absolute Gasteiger partial charge is 0.377 e. The van der Waals surface area contributed by atoms with Crippen molar-refractivity contribution >= 4 is 26.3 Å². The quantitative estimate of drug-likeness (QED) is 0.480. The lowest BCUT2D eigenvalue weighted by Gasteiger charge is -2.28. The summed E-state index contributed by atoms with van der Waals surface area (Å²) in [5.41, 5.74) is 0.934. The minimum Gasteiger partial charge on any atom is -0.292 e. The average molecular weight is 371 g/mol. The maximum absolute atomic E-state index is 14.1. The Bertz CT molecular complexity index is 1040. The maximum Gasteiger partial charge on any atom is 0.377 e. The van der Waals surface area contributed by atoms with Crippen molar-refractivity contribution in [2.75, 3.05) is 11.4 Å². The fraction of sp³-hybridized carbons (Fsp3) is 0.176. The SMILES string of the molecule is O=C(N1CCCc2ccccc21)n1nnn(-c2c(F)cccc2P)c1=O. The second-order valence-electron chi connectivity index (χ2n) is 5.93. The van der Waals surface area contributed by atoms with Crippen molar-refractivity contribution in [1.29, 1.82) is 0 Å². The van der Waals surface area contributed by atoms with Crippen molar-refractivity contribution < 1.29 is 9.18 Å². The molecular weight excluding hydrogens is 356 g/mol. The molecule has 0 fully saturated rings. The summed E-state index contributed by atoms with van der Waals surface area (Å²) in [7, 11) is 2.34. The van der Waals surface area contributed by atoms with Crippen molar-refractivity contribution in [1.82, 2.24) is 19.8 Å². The zero-order chi connectivity index (χ0) is 18.3. The van der Waals surface area contributed by atoms with Crippen LogP contribution in [0.1, 0.15) is 12.0 Å². The van der Waals surface area contributed by atoms with Gasteiger partial charge < -0.3 is 0 Å². The van der Waals surface area contributed by atoms with Gasteiger partial charge >= 0.3 is 11.7 Å². The van der Waals surface area contributed by atoms with Crippen LogP contribution in [0.4, 0.5) is 14.9 Å². The van der Waals surface area contributed by atoms with Crippen molar-refractivity contribution in [3.63, 3.8) is 0 Å². The van der Waals surface area contributed by atoms with Gasteiger partial charge in [0.25, 0.3) is 0 Å². The number of para-hydroxylation sites is 2. The van der Waals surface area contributed by atoms with E-state index in [4.69, 9.17) is 0 Å². The normalized spacial score (nSPS) is 13.5. The summed E-state index contributed by atoms with van der Waals surface area (Å²) in [6.07, 6.45) is 1.65. The van der Waals surface area contributed by atoms with Gasteiger partial charge in [0.2, 0.25) is 0 Å². The molecule has 0 N–H and O–H groups in total. The van der Waals surface area contributed by atoms with Crippen LogP contribution in [0.3, 0.4) is 0 Å². The molecule has 0 saturated carbocycles. The molecule has 3 aromatic rings. The molecule has 26 heavy (non-hydrogen) atoms. The molecule has 2 heterocycles. The number of anilines is 1. The summed E-state index contributed by atoms with van der Waals surface area (Å²) in [5.74, 6) is -0.623. The molecule has 9 heteroatoms. The molecule has 4 rings (SSSR count). The Kier molecular flexibility index (Phi) is 4.12. The lowest BCUT2D eigenvalue weighted by molar-refractivity contribution is 0.243. The fourth-order valence-corrected chi connectivity index (χ4v) is 3.48. The third kappa shape index (κ3) is 2.63. The Morgan fingerprint density at radius 1 is 1.12 bits per heavy atom. The molecule has 1 amide bonds. The lowest BCUT2D eigenvalue weighted by Crippen LogP contribution is -2.43. The number of carbonyl (C=O) groups excluding carboxylic acids is 1. The molecule has 1 unspecified atom stereocenters. The topological polar surface area (TPSA) is 73.0 Å². The van der Waals surface area contributed by atoms with E-state index in [9.17, 15) is 14.0 Å². The third-order valence-electron chi connectivity index (χ3n) is 4.33. The van der Waals surface area contributed by atoms with E-state index >= 15 is 0 Å². The Morgan fingerprint density at radius 2 is 1.92 bits per heavy atom. The molecular formula is C17H15FN5O2P. The second kappa shape index (κ2) is 6.46. The molecule has 0 spiro atoms. The number of carbonyl (C=O) groups is 1. The number of halogens is 1. The Morgan fingerprint density at radius 3 is 2.73 bits per heavy atom. The predicted octanol–water partition coefficient (Wildman–Crippen LogP) is 1.49. The van der Waals surface area contributed by atoms with E-state index in [-0.39, 0.29) is 5.69 Å². The molecule has 2 aromatic carbocycles. The highest BCUT2D eigenvalue weighted by atomic mass is 31.0. The first kappa shape index (κ1) is 16.6. The molecule has 1 atom stereocenters. The number of tetrazole rings is 1. The number of nitrogens with zero attached hydrogens (tertiary/aromatic N) is 5. The zero-order valence-electron chi connectivity index (χ0n) is 13.7. The summed E-state index contributed by atoms with van der Waals surface area (Å²) in [5, 5.41) is 7.81. The number of fused-ring (bicyclic) bond motifs is 1. The van der Waals surface area contributed by atoms with Crippen LogP contribution >= 0.6 is 9.24 Å². The molecule has 0 radical (unpaired) electrons. The Labute approximate surface area is 150 Å². The highest BCUT2D eigenvalue weighted by molar-refractivity contribution is 7.27. The molecule has 1 aliphatic heterocycles. The number of amides is 1. The summed E-state index contributed by atoms with van der Waals surface area (Å²) in [6.45, 7) is 0.476. The third-order valence-corrected chi connectivity index (χ3v) is 4.80. The van der Waals surface area contributed by atoms with Crippen LogP contribution in [0.25, 0.3) is 5.69 Å². The van der Waals surface area contributed by atoms with Crippen molar-refractivity contribution in [3.8, 4) is 5.69 Å². The lowest BCUT2D eigenvalue weighted by atomic mass is 10.0. The minimum absolute atomic E-state index is 0.0411. The van der Waals surface area contributed by atoms with Crippen molar-refractivity contribution in [2.24, 2.45) is 0 Å². The number of aryl methyl sites for hydroxylation is 1. The summed E-state index contributed by atoms with van der Waals surface area (Å²) in [6, 6.07) is 11.3. The van der Waals surface area contributed by atoms with E-state index in [2.05, 4.69) is 19.7 Å². The van der Waals surface area contributed by atoms with Crippen LogP contribution in [-0.2, 0) is 6.42 Å². The Balaban J connectivity index is 1.76. The van der Waals surface area contributed by atoms with Gasteiger partial charge in [-0.3, -0.25) is 4.90 Å². The van der Waals surface area contributed by atoms with E-state index in [1.807, 2.05) is 24.3 Å². The van der Waals surface area contributed by atoms with Gasteiger partial charge in [0.1, 0.15) is 11.5 Å². The standard InChI is InChI=1S/C17H15FN5O2P/c18-12-7-3-9-14(26)15(12)22-17(25)23(20-19-22)16(24)21-10-4-6-11-5-1-2-8-13(11)21/h1-3,5,7-9H,4,6,10,26H2. The van der Waals surface area contributed by atoms with E-state index in [1.165, 1.54) is 17.0 Å².